The van der Waals surface area contributed by atoms with E-state index in [9.17, 15) is 45.7 Å². The standard InChI is InChI=1S/C27H29F7O4/c1-38-18(37)7-5-3-2-4-6-15-13(9-11-17(15)36)8-10-14(35)12-16-19-20(23(30)25(32)21(16)28)24(31)27(34)26(33)22(19)29/h8,10,13-15,17,35-36H,2-7,9,11-12H2,1H3/b10-8+/t13-,14-,15+,17-/m0/s1. The van der Waals surface area contributed by atoms with Gasteiger partial charge in [0.2, 0.25) is 0 Å². The Kier molecular flexibility index (Phi) is 10.2. The van der Waals surface area contributed by atoms with Gasteiger partial charge in [0, 0.05) is 23.8 Å². The summed E-state index contributed by atoms with van der Waals surface area (Å²) in [5, 5.41) is 17.9. The average molecular weight is 551 g/mol. The van der Waals surface area contributed by atoms with E-state index in [0.29, 0.717) is 32.1 Å². The molecule has 0 unspecified atom stereocenters. The molecular weight excluding hydrogens is 521 g/mol. The van der Waals surface area contributed by atoms with E-state index in [1.165, 1.54) is 13.2 Å². The van der Waals surface area contributed by atoms with Crippen molar-refractivity contribution in [3.05, 3.63) is 58.4 Å². The second-order valence-corrected chi connectivity index (χ2v) is 9.58. The molecule has 1 fully saturated rings. The predicted octanol–water partition coefficient (Wildman–Crippen LogP) is 6.17. The Morgan fingerprint density at radius 2 is 1.45 bits per heavy atom. The molecule has 2 aromatic carbocycles. The molecule has 0 aliphatic heterocycles. The highest BCUT2D eigenvalue weighted by Gasteiger charge is 2.33. The summed E-state index contributed by atoms with van der Waals surface area (Å²) in [4.78, 5) is 11.2. The molecule has 0 spiro atoms. The van der Waals surface area contributed by atoms with E-state index in [4.69, 9.17) is 0 Å². The number of fused-ring (bicyclic) bond motifs is 1. The molecule has 2 N–H and O–H groups in total. The van der Waals surface area contributed by atoms with Crippen LogP contribution in [0.25, 0.3) is 10.8 Å². The number of aliphatic hydroxyl groups excluding tert-OH is 2. The van der Waals surface area contributed by atoms with Crippen LogP contribution >= 0.6 is 0 Å². The van der Waals surface area contributed by atoms with E-state index in [-0.39, 0.29) is 17.8 Å². The van der Waals surface area contributed by atoms with Crippen molar-refractivity contribution >= 4 is 16.7 Å². The Balaban J connectivity index is 1.72. The van der Waals surface area contributed by atoms with Crippen molar-refractivity contribution in [2.24, 2.45) is 11.8 Å². The van der Waals surface area contributed by atoms with Crippen molar-refractivity contribution in [3.63, 3.8) is 0 Å². The first-order valence-corrected chi connectivity index (χ1v) is 12.4. The number of hydrogen-bond donors (Lipinski definition) is 2. The summed E-state index contributed by atoms with van der Waals surface area (Å²) in [5.41, 5.74) is -1.04. The molecule has 0 saturated heterocycles. The van der Waals surface area contributed by atoms with Crippen molar-refractivity contribution < 1.29 is 50.5 Å². The minimum atomic E-state index is -2.37. The van der Waals surface area contributed by atoms with Crippen LogP contribution in [0.1, 0.15) is 56.9 Å². The number of esters is 1. The highest BCUT2D eigenvalue weighted by Crippen LogP contribution is 2.38. The smallest absolute Gasteiger partial charge is 0.305 e. The fourth-order valence-electron chi connectivity index (χ4n) is 5.14. The van der Waals surface area contributed by atoms with Gasteiger partial charge in [-0.2, -0.15) is 0 Å². The zero-order valence-electron chi connectivity index (χ0n) is 20.7. The molecule has 38 heavy (non-hydrogen) atoms. The van der Waals surface area contributed by atoms with Crippen LogP contribution in [0.3, 0.4) is 0 Å². The number of benzene rings is 2. The molecule has 0 aromatic heterocycles. The summed E-state index contributed by atoms with van der Waals surface area (Å²) in [6.07, 6.45) is 4.96. The van der Waals surface area contributed by atoms with Crippen LogP contribution in [0, 0.1) is 52.6 Å². The largest absolute Gasteiger partial charge is 0.469 e. The Morgan fingerprint density at radius 3 is 2.08 bits per heavy atom. The number of rotatable bonds is 11. The first-order chi connectivity index (χ1) is 18.0. The molecule has 1 aliphatic rings. The van der Waals surface area contributed by atoms with Gasteiger partial charge in [-0.05, 0) is 37.5 Å². The van der Waals surface area contributed by atoms with Crippen LogP contribution in [0.15, 0.2) is 12.2 Å². The minimum absolute atomic E-state index is 0.136. The predicted molar refractivity (Wildman–Crippen MR) is 124 cm³/mol. The van der Waals surface area contributed by atoms with Crippen LogP contribution in [0.2, 0.25) is 0 Å². The van der Waals surface area contributed by atoms with E-state index in [1.54, 1.807) is 6.08 Å². The van der Waals surface area contributed by atoms with Gasteiger partial charge < -0.3 is 14.9 Å². The number of ether oxygens (including phenoxy) is 1. The van der Waals surface area contributed by atoms with E-state index >= 15 is 0 Å². The molecular formula is C27H29F7O4. The maximum absolute atomic E-state index is 14.5. The second-order valence-electron chi connectivity index (χ2n) is 9.58. The molecule has 0 amide bonds. The van der Waals surface area contributed by atoms with Gasteiger partial charge in [0.05, 0.1) is 24.7 Å². The lowest BCUT2D eigenvalue weighted by Crippen LogP contribution is -2.19. The number of aliphatic hydroxyl groups is 2. The van der Waals surface area contributed by atoms with Crippen LogP contribution in [-0.4, -0.2) is 35.5 Å². The highest BCUT2D eigenvalue weighted by molar-refractivity contribution is 5.88. The van der Waals surface area contributed by atoms with Crippen molar-refractivity contribution in [3.8, 4) is 0 Å². The molecule has 2 aromatic rings. The van der Waals surface area contributed by atoms with Gasteiger partial charge in [0.15, 0.2) is 40.7 Å². The summed E-state index contributed by atoms with van der Waals surface area (Å²) in [7, 11) is 1.32. The third-order valence-corrected chi connectivity index (χ3v) is 7.17. The summed E-state index contributed by atoms with van der Waals surface area (Å²) in [6, 6.07) is 0. The molecule has 1 saturated carbocycles. The number of carbonyl (C=O) groups is 1. The third kappa shape index (κ3) is 6.31. The summed E-state index contributed by atoms with van der Waals surface area (Å²) >= 11 is 0. The van der Waals surface area contributed by atoms with Gasteiger partial charge >= 0.3 is 5.97 Å². The van der Waals surface area contributed by atoms with E-state index < -0.39 is 75.7 Å². The van der Waals surface area contributed by atoms with E-state index in [2.05, 4.69) is 4.74 Å². The molecule has 4 nitrogen and oxygen atoms in total. The summed E-state index contributed by atoms with van der Waals surface area (Å²) in [5.74, 6) is -16.0. The van der Waals surface area contributed by atoms with Gasteiger partial charge in [-0.3, -0.25) is 4.79 Å². The molecule has 1 aliphatic carbocycles. The molecule has 0 heterocycles. The first-order valence-electron chi connectivity index (χ1n) is 12.4. The molecule has 3 rings (SSSR count). The molecule has 0 bridgehead atoms. The number of allylic oxidation sites excluding steroid dienone is 1. The Labute approximate surface area is 215 Å². The topological polar surface area (TPSA) is 66.8 Å². The van der Waals surface area contributed by atoms with Gasteiger partial charge in [-0.15, -0.1) is 0 Å². The minimum Gasteiger partial charge on any atom is -0.469 e. The maximum Gasteiger partial charge on any atom is 0.305 e. The molecule has 4 atom stereocenters. The summed E-state index contributed by atoms with van der Waals surface area (Å²) < 4.78 is 103. The maximum atomic E-state index is 14.5. The third-order valence-electron chi connectivity index (χ3n) is 7.17. The van der Waals surface area contributed by atoms with Gasteiger partial charge in [0.25, 0.3) is 0 Å². The lowest BCUT2D eigenvalue weighted by Gasteiger charge is -2.20. The van der Waals surface area contributed by atoms with E-state index in [0.717, 1.165) is 19.3 Å². The number of carbonyl (C=O) groups excluding carboxylic acids is 1. The van der Waals surface area contributed by atoms with Crippen molar-refractivity contribution in [1.29, 1.82) is 0 Å². The lowest BCUT2D eigenvalue weighted by molar-refractivity contribution is -0.140. The van der Waals surface area contributed by atoms with Crippen LogP contribution in [-0.2, 0) is 16.0 Å². The quantitative estimate of drug-likeness (QED) is 0.0877. The molecule has 11 heteroatoms. The first kappa shape index (κ1) is 29.9. The SMILES string of the molecule is COC(=O)CCCCCC[C@H]1[C@@H](O)CC[C@@H]1/C=C/[C@H](O)Cc1c(F)c(F)c(F)c2c(F)c(F)c(F)c(F)c12. The molecule has 210 valence electrons. The lowest BCUT2D eigenvalue weighted by atomic mass is 9.88. The monoisotopic (exact) mass is 550 g/mol. The Morgan fingerprint density at radius 1 is 0.868 bits per heavy atom. The van der Waals surface area contributed by atoms with Gasteiger partial charge in [-0.1, -0.05) is 31.4 Å². The fourth-order valence-corrected chi connectivity index (χ4v) is 5.14. The molecule has 0 radical (unpaired) electrons. The number of methoxy groups -OCH3 is 1. The normalized spacial score (nSPS) is 20.5. The highest BCUT2D eigenvalue weighted by atomic mass is 19.2. The van der Waals surface area contributed by atoms with Gasteiger partial charge in [-0.25, -0.2) is 30.7 Å². The number of unbranched alkanes of at least 4 members (excludes halogenated alkanes) is 3. The Hall–Kier alpha value is -2.66. The van der Waals surface area contributed by atoms with E-state index in [1.807, 2.05) is 0 Å². The zero-order valence-corrected chi connectivity index (χ0v) is 20.7. The van der Waals surface area contributed by atoms with Crippen molar-refractivity contribution in [2.75, 3.05) is 7.11 Å². The average Bonchev–Trinajstić information content (AvgIpc) is 3.25. The summed E-state index contributed by atoms with van der Waals surface area (Å²) in [6.45, 7) is 0. The zero-order chi connectivity index (χ0) is 28.1. The Bertz CT molecular complexity index is 1190. The van der Waals surface area contributed by atoms with Crippen molar-refractivity contribution in [1.82, 2.24) is 0 Å². The van der Waals surface area contributed by atoms with Crippen molar-refractivity contribution in [2.45, 2.75) is 70.0 Å². The fraction of sp³-hybridized carbons (Fsp3) is 0.519. The second kappa shape index (κ2) is 12.9. The van der Waals surface area contributed by atoms with Crippen LogP contribution < -0.4 is 0 Å². The number of hydrogen-bond acceptors (Lipinski definition) is 4. The van der Waals surface area contributed by atoms with Gasteiger partial charge in [0.1, 0.15) is 0 Å². The van der Waals surface area contributed by atoms with Crippen LogP contribution in [0.4, 0.5) is 30.7 Å². The number of halogens is 7. The van der Waals surface area contributed by atoms with Crippen LogP contribution in [0.5, 0.6) is 0 Å².